The van der Waals surface area contributed by atoms with E-state index in [0.29, 0.717) is 5.56 Å². The van der Waals surface area contributed by atoms with Gasteiger partial charge < -0.3 is 4.74 Å². The molecule has 0 unspecified atom stereocenters. The zero-order valence-electron chi connectivity index (χ0n) is 9.14. The van der Waals surface area contributed by atoms with Crippen molar-refractivity contribution in [2.45, 2.75) is 11.8 Å². The second-order valence-corrected chi connectivity index (χ2v) is 4.60. The Bertz CT molecular complexity index is 564. The quantitative estimate of drug-likeness (QED) is 0.604. The molecule has 1 rings (SSSR count). The van der Waals surface area contributed by atoms with E-state index in [1.54, 1.807) is 6.92 Å². The number of hydrogen-bond donors (Lipinski definition) is 1. The molecule has 5 nitrogen and oxygen atoms in total. The molecule has 17 heavy (non-hydrogen) atoms. The molecule has 0 aliphatic carbocycles. The third-order valence-electron chi connectivity index (χ3n) is 1.77. The number of carbonyl (C=O) groups excluding carboxylic acids is 1. The van der Waals surface area contributed by atoms with Crippen LogP contribution >= 0.6 is 0 Å². The van der Waals surface area contributed by atoms with Crippen LogP contribution in [0.25, 0.3) is 0 Å². The maximum atomic E-state index is 11.0. The number of sulfonamides is 1. The van der Waals surface area contributed by atoms with Crippen LogP contribution in [0.2, 0.25) is 0 Å². The van der Waals surface area contributed by atoms with E-state index in [1.807, 2.05) is 0 Å². The summed E-state index contributed by atoms with van der Waals surface area (Å²) in [6, 6.07) is 5.58. The average Bonchev–Trinajstić information content (AvgIpc) is 2.26. The van der Waals surface area contributed by atoms with Crippen molar-refractivity contribution in [3.05, 3.63) is 29.8 Å². The number of esters is 1. The molecule has 0 aromatic heterocycles. The monoisotopic (exact) mass is 253 g/mol. The van der Waals surface area contributed by atoms with Gasteiger partial charge in [-0.2, -0.15) is 0 Å². The van der Waals surface area contributed by atoms with Crippen LogP contribution in [0.15, 0.2) is 29.2 Å². The first-order valence-electron chi connectivity index (χ1n) is 4.75. The zero-order chi connectivity index (χ0) is 12.9. The SMILES string of the molecule is CCOC(=O)C#Cc1ccc(S(N)(=O)=O)cc1. The highest BCUT2D eigenvalue weighted by Gasteiger charge is 2.05. The first-order chi connectivity index (χ1) is 7.93. The van der Waals surface area contributed by atoms with Crippen molar-refractivity contribution in [2.75, 3.05) is 6.61 Å². The van der Waals surface area contributed by atoms with Crippen LogP contribution in [-0.4, -0.2) is 21.0 Å². The lowest BCUT2D eigenvalue weighted by atomic mass is 10.2. The van der Waals surface area contributed by atoms with Gasteiger partial charge in [0.05, 0.1) is 11.5 Å². The Hall–Kier alpha value is -1.84. The van der Waals surface area contributed by atoms with E-state index in [9.17, 15) is 13.2 Å². The lowest BCUT2D eigenvalue weighted by molar-refractivity contribution is -0.136. The summed E-state index contributed by atoms with van der Waals surface area (Å²) in [6.07, 6.45) is 0. The zero-order valence-corrected chi connectivity index (χ0v) is 9.95. The number of nitrogens with two attached hydrogens (primary N) is 1. The third kappa shape index (κ3) is 4.26. The minimum absolute atomic E-state index is 0.000755. The van der Waals surface area contributed by atoms with Crippen molar-refractivity contribution in [1.29, 1.82) is 0 Å². The number of ether oxygens (including phenoxy) is 1. The molecule has 0 amide bonds. The predicted molar refractivity (Wildman–Crippen MR) is 61.3 cm³/mol. The van der Waals surface area contributed by atoms with Gasteiger partial charge in [0, 0.05) is 11.5 Å². The lowest BCUT2D eigenvalue weighted by Gasteiger charge is -1.97. The molecule has 0 spiro atoms. The molecule has 1 aromatic carbocycles. The standard InChI is InChI=1S/C11H11NO4S/c1-2-16-11(13)8-5-9-3-6-10(7-4-9)17(12,14)15/h3-4,6-7H,2H2,1H3,(H2,12,14,15). The van der Waals surface area contributed by atoms with E-state index in [-0.39, 0.29) is 11.5 Å². The van der Waals surface area contributed by atoms with Gasteiger partial charge in [0.2, 0.25) is 10.0 Å². The van der Waals surface area contributed by atoms with Crippen LogP contribution in [0.1, 0.15) is 12.5 Å². The smallest absolute Gasteiger partial charge is 0.384 e. The molecule has 0 heterocycles. The van der Waals surface area contributed by atoms with Gasteiger partial charge >= 0.3 is 5.97 Å². The largest absolute Gasteiger partial charge is 0.456 e. The number of hydrogen-bond acceptors (Lipinski definition) is 4. The van der Waals surface area contributed by atoms with E-state index in [2.05, 4.69) is 16.6 Å². The molecule has 0 saturated carbocycles. The van der Waals surface area contributed by atoms with Crippen molar-refractivity contribution < 1.29 is 17.9 Å². The molecule has 0 aliphatic heterocycles. The number of rotatable bonds is 2. The van der Waals surface area contributed by atoms with Gasteiger partial charge in [-0.1, -0.05) is 5.92 Å². The fourth-order valence-electron chi connectivity index (χ4n) is 1.02. The first-order valence-corrected chi connectivity index (χ1v) is 6.29. The highest BCUT2D eigenvalue weighted by molar-refractivity contribution is 7.89. The fraction of sp³-hybridized carbons (Fsp3) is 0.182. The van der Waals surface area contributed by atoms with Gasteiger partial charge in [0.25, 0.3) is 0 Å². The molecule has 0 bridgehead atoms. The van der Waals surface area contributed by atoms with Crippen LogP contribution in [-0.2, 0) is 19.6 Å². The highest BCUT2D eigenvalue weighted by atomic mass is 32.2. The topological polar surface area (TPSA) is 86.5 Å². The molecule has 6 heteroatoms. The molecule has 0 atom stereocenters. The summed E-state index contributed by atoms with van der Waals surface area (Å²) in [5, 5.41) is 4.93. The fourth-order valence-corrected chi connectivity index (χ4v) is 1.53. The number of carbonyl (C=O) groups is 1. The van der Waals surface area contributed by atoms with E-state index in [0.717, 1.165) is 0 Å². The molecular formula is C11H11NO4S. The Morgan fingerprint density at radius 1 is 1.35 bits per heavy atom. The van der Waals surface area contributed by atoms with Gasteiger partial charge in [-0.15, -0.1) is 0 Å². The molecule has 0 saturated heterocycles. The van der Waals surface area contributed by atoms with Crippen LogP contribution in [0, 0.1) is 11.8 Å². The molecule has 0 fully saturated rings. The summed E-state index contributed by atoms with van der Waals surface area (Å²) in [5.41, 5.74) is 0.505. The van der Waals surface area contributed by atoms with Crippen molar-refractivity contribution in [1.82, 2.24) is 0 Å². The van der Waals surface area contributed by atoms with Gasteiger partial charge in [0.15, 0.2) is 0 Å². The van der Waals surface area contributed by atoms with Gasteiger partial charge in [0.1, 0.15) is 0 Å². The number of benzene rings is 1. The maximum Gasteiger partial charge on any atom is 0.384 e. The van der Waals surface area contributed by atoms with Gasteiger partial charge in [-0.05, 0) is 31.2 Å². The molecule has 0 aliphatic rings. The minimum atomic E-state index is -3.70. The average molecular weight is 253 g/mol. The Labute approximate surface area is 99.6 Å². The molecule has 0 radical (unpaired) electrons. The van der Waals surface area contributed by atoms with E-state index in [4.69, 9.17) is 5.14 Å². The normalized spacial score (nSPS) is 10.2. The highest BCUT2D eigenvalue weighted by Crippen LogP contribution is 2.07. The summed E-state index contributed by atoms with van der Waals surface area (Å²) < 4.78 is 26.5. The molecule has 90 valence electrons. The Kier molecular flexibility index (Phi) is 4.26. The van der Waals surface area contributed by atoms with Crippen molar-refractivity contribution in [3.8, 4) is 11.8 Å². The summed E-state index contributed by atoms with van der Waals surface area (Å²) >= 11 is 0. The van der Waals surface area contributed by atoms with Crippen LogP contribution in [0.5, 0.6) is 0 Å². The first kappa shape index (κ1) is 13.2. The minimum Gasteiger partial charge on any atom is -0.456 e. The maximum absolute atomic E-state index is 11.0. The molecular weight excluding hydrogens is 242 g/mol. The second kappa shape index (κ2) is 5.48. The molecule has 1 aromatic rings. The van der Waals surface area contributed by atoms with Crippen molar-refractivity contribution >= 4 is 16.0 Å². The Morgan fingerprint density at radius 3 is 2.41 bits per heavy atom. The van der Waals surface area contributed by atoms with Crippen molar-refractivity contribution in [2.24, 2.45) is 5.14 Å². The van der Waals surface area contributed by atoms with Gasteiger partial charge in [-0.3, -0.25) is 0 Å². The summed E-state index contributed by atoms with van der Waals surface area (Å²) in [5.74, 6) is 4.19. The van der Waals surface area contributed by atoms with E-state index in [1.165, 1.54) is 24.3 Å². The predicted octanol–water partition coefficient (Wildman–Crippen LogP) is 0.249. The summed E-state index contributed by atoms with van der Waals surface area (Å²) in [7, 11) is -3.70. The third-order valence-corrected chi connectivity index (χ3v) is 2.70. The van der Waals surface area contributed by atoms with Crippen LogP contribution in [0.3, 0.4) is 0 Å². The lowest BCUT2D eigenvalue weighted by Crippen LogP contribution is -2.11. The van der Waals surface area contributed by atoms with Gasteiger partial charge in [-0.25, -0.2) is 18.4 Å². The Balaban J connectivity index is 2.86. The summed E-state index contributed by atoms with van der Waals surface area (Å²) in [6.45, 7) is 1.94. The van der Waals surface area contributed by atoms with E-state index >= 15 is 0 Å². The van der Waals surface area contributed by atoms with Crippen LogP contribution < -0.4 is 5.14 Å². The summed E-state index contributed by atoms with van der Waals surface area (Å²) in [4.78, 5) is 10.9. The Morgan fingerprint density at radius 2 is 1.94 bits per heavy atom. The second-order valence-electron chi connectivity index (χ2n) is 3.04. The molecule has 2 N–H and O–H groups in total. The van der Waals surface area contributed by atoms with E-state index < -0.39 is 16.0 Å². The van der Waals surface area contributed by atoms with Crippen LogP contribution in [0.4, 0.5) is 0 Å². The van der Waals surface area contributed by atoms with Crippen molar-refractivity contribution in [3.63, 3.8) is 0 Å². The number of primary sulfonamides is 1.